The summed E-state index contributed by atoms with van der Waals surface area (Å²) in [6, 6.07) is 5.74. The van der Waals surface area contributed by atoms with Gasteiger partial charge in [0.15, 0.2) is 5.96 Å². The summed E-state index contributed by atoms with van der Waals surface area (Å²) in [5.41, 5.74) is 0.618. The molecule has 0 aliphatic heterocycles. The minimum absolute atomic E-state index is 0. The predicted octanol–water partition coefficient (Wildman–Crippen LogP) is 1.40. The lowest BCUT2D eigenvalue weighted by Crippen LogP contribution is -2.44. The summed E-state index contributed by atoms with van der Waals surface area (Å²) in [6.07, 6.45) is 5.22. The van der Waals surface area contributed by atoms with Gasteiger partial charge in [-0.05, 0) is 26.0 Å². The van der Waals surface area contributed by atoms with Crippen molar-refractivity contribution in [3.8, 4) is 0 Å². The van der Waals surface area contributed by atoms with Crippen molar-refractivity contribution in [3.05, 3.63) is 48.0 Å². The first-order valence-corrected chi connectivity index (χ1v) is 7.65. The number of aliphatic imine (C=N–C) groups is 1. The third-order valence-corrected chi connectivity index (χ3v) is 3.40. The number of aliphatic hydroxyl groups is 1. The number of hydrogen-bond donors (Lipinski definition) is 3. The summed E-state index contributed by atoms with van der Waals surface area (Å²) >= 11 is 0. The fourth-order valence-corrected chi connectivity index (χ4v) is 2.05. The minimum Gasteiger partial charge on any atom is -0.383 e. The summed E-state index contributed by atoms with van der Waals surface area (Å²) in [4.78, 5) is 8.73. The Morgan fingerprint density at radius 3 is 2.75 bits per heavy atom. The molecule has 0 saturated heterocycles. The molecule has 0 aliphatic carbocycles. The van der Waals surface area contributed by atoms with Gasteiger partial charge in [0, 0.05) is 31.5 Å². The van der Waals surface area contributed by atoms with Crippen LogP contribution in [0.2, 0.25) is 0 Å². The van der Waals surface area contributed by atoms with Crippen LogP contribution in [-0.2, 0) is 19.2 Å². The fourth-order valence-electron chi connectivity index (χ4n) is 2.05. The van der Waals surface area contributed by atoms with Gasteiger partial charge in [0.25, 0.3) is 0 Å². The lowest BCUT2D eigenvalue weighted by atomic mass is 10.00. The fraction of sp³-hybridized carbons (Fsp3) is 0.438. The highest BCUT2D eigenvalue weighted by Gasteiger charge is 2.24. The molecule has 0 radical (unpaired) electrons. The Balaban J connectivity index is 0.00000288. The highest BCUT2D eigenvalue weighted by atomic mass is 127. The van der Waals surface area contributed by atoms with Crippen molar-refractivity contribution in [1.82, 2.24) is 25.4 Å². The topological polar surface area (TPSA) is 87.4 Å². The molecular weight excluding hydrogens is 419 g/mol. The highest BCUT2D eigenvalue weighted by Crippen LogP contribution is 2.18. The molecule has 2 aromatic rings. The van der Waals surface area contributed by atoms with Crippen LogP contribution in [0.25, 0.3) is 0 Å². The molecule has 0 saturated carbocycles. The second kappa shape index (κ2) is 9.58. The van der Waals surface area contributed by atoms with E-state index < -0.39 is 5.60 Å². The highest BCUT2D eigenvalue weighted by molar-refractivity contribution is 14.0. The van der Waals surface area contributed by atoms with Crippen LogP contribution in [0, 0.1) is 0 Å². The lowest BCUT2D eigenvalue weighted by Gasteiger charge is -2.23. The first-order chi connectivity index (χ1) is 11.0. The van der Waals surface area contributed by atoms with Gasteiger partial charge in [-0.25, -0.2) is 4.99 Å². The monoisotopic (exact) mass is 444 g/mol. The van der Waals surface area contributed by atoms with Crippen molar-refractivity contribution in [2.45, 2.75) is 26.0 Å². The zero-order chi connectivity index (χ0) is 16.7. The molecule has 2 aromatic heterocycles. The van der Waals surface area contributed by atoms with Crippen molar-refractivity contribution < 1.29 is 5.11 Å². The second-order valence-electron chi connectivity index (χ2n) is 5.55. The van der Waals surface area contributed by atoms with E-state index in [1.54, 1.807) is 30.2 Å². The number of nitrogens with one attached hydrogen (secondary N) is 2. The van der Waals surface area contributed by atoms with Crippen LogP contribution < -0.4 is 10.6 Å². The van der Waals surface area contributed by atoms with Crippen LogP contribution in [-0.4, -0.2) is 38.9 Å². The van der Waals surface area contributed by atoms with Gasteiger partial charge in [0.2, 0.25) is 0 Å². The van der Waals surface area contributed by atoms with Gasteiger partial charge in [0.1, 0.15) is 5.60 Å². The molecule has 0 spiro atoms. The first kappa shape index (κ1) is 20.4. The van der Waals surface area contributed by atoms with Gasteiger partial charge in [-0.3, -0.25) is 9.67 Å². The maximum absolute atomic E-state index is 10.6. The van der Waals surface area contributed by atoms with E-state index in [2.05, 4.69) is 25.7 Å². The Labute approximate surface area is 159 Å². The number of nitrogens with zero attached hydrogens (tertiary/aromatic N) is 4. The van der Waals surface area contributed by atoms with Gasteiger partial charge in [-0.2, -0.15) is 5.10 Å². The Morgan fingerprint density at radius 2 is 2.17 bits per heavy atom. The normalized spacial score (nSPS) is 13.8. The quantitative estimate of drug-likeness (QED) is 0.356. The smallest absolute Gasteiger partial charge is 0.191 e. The van der Waals surface area contributed by atoms with Gasteiger partial charge in [-0.15, -0.1) is 24.0 Å². The summed E-state index contributed by atoms with van der Waals surface area (Å²) in [5, 5.41) is 21.0. The van der Waals surface area contributed by atoms with Crippen molar-refractivity contribution in [1.29, 1.82) is 0 Å². The van der Waals surface area contributed by atoms with Gasteiger partial charge >= 0.3 is 0 Å². The van der Waals surface area contributed by atoms with Crippen molar-refractivity contribution in [2.24, 2.45) is 12.0 Å². The lowest BCUT2D eigenvalue weighted by molar-refractivity contribution is 0.0616. The second-order valence-corrected chi connectivity index (χ2v) is 5.55. The summed E-state index contributed by atoms with van der Waals surface area (Å²) in [6.45, 7) is 5.29. The maximum Gasteiger partial charge on any atom is 0.191 e. The summed E-state index contributed by atoms with van der Waals surface area (Å²) in [7, 11) is 1.82. The van der Waals surface area contributed by atoms with Crippen LogP contribution >= 0.6 is 24.0 Å². The number of hydrogen-bond acceptors (Lipinski definition) is 4. The van der Waals surface area contributed by atoms with E-state index in [1.807, 2.05) is 32.2 Å². The average molecular weight is 444 g/mol. The molecule has 0 aromatic carbocycles. The van der Waals surface area contributed by atoms with E-state index >= 15 is 0 Å². The number of guanidine groups is 1. The van der Waals surface area contributed by atoms with Crippen molar-refractivity contribution >= 4 is 29.9 Å². The van der Waals surface area contributed by atoms with E-state index in [9.17, 15) is 5.11 Å². The van der Waals surface area contributed by atoms with Gasteiger partial charge in [0.05, 0.1) is 25.0 Å². The predicted molar refractivity (Wildman–Crippen MR) is 105 cm³/mol. The van der Waals surface area contributed by atoms with Gasteiger partial charge < -0.3 is 15.7 Å². The minimum atomic E-state index is -1.03. The van der Waals surface area contributed by atoms with Crippen LogP contribution in [0.5, 0.6) is 0 Å². The van der Waals surface area contributed by atoms with E-state index in [1.165, 1.54) is 0 Å². The molecule has 2 heterocycles. The SMILES string of the molecule is CCNC(=NCc1ccccn1)NCC(C)(O)c1cnn(C)c1.I. The number of aryl methyl sites for hydroxylation is 1. The first-order valence-electron chi connectivity index (χ1n) is 7.65. The maximum atomic E-state index is 10.6. The average Bonchev–Trinajstić information content (AvgIpc) is 2.98. The van der Waals surface area contributed by atoms with Crippen molar-refractivity contribution in [2.75, 3.05) is 13.1 Å². The molecule has 0 amide bonds. The van der Waals surface area contributed by atoms with Crippen LogP contribution in [0.4, 0.5) is 0 Å². The zero-order valence-electron chi connectivity index (χ0n) is 14.2. The van der Waals surface area contributed by atoms with Crippen LogP contribution in [0.1, 0.15) is 25.1 Å². The Hall–Kier alpha value is -1.68. The molecule has 1 atom stereocenters. The molecule has 24 heavy (non-hydrogen) atoms. The van der Waals surface area contributed by atoms with Crippen LogP contribution in [0.15, 0.2) is 41.8 Å². The van der Waals surface area contributed by atoms with Crippen LogP contribution in [0.3, 0.4) is 0 Å². The molecule has 3 N–H and O–H groups in total. The number of aromatic nitrogens is 3. The molecule has 0 aliphatic rings. The third-order valence-electron chi connectivity index (χ3n) is 3.40. The molecular formula is C16H25IN6O. The number of rotatable bonds is 6. The van der Waals surface area contributed by atoms with E-state index in [4.69, 9.17) is 0 Å². The molecule has 0 fully saturated rings. The molecule has 1 unspecified atom stereocenters. The summed E-state index contributed by atoms with van der Waals surface area (Å²) in [5.74, 6) is 0.641. The molecule has 132 valence electrons. The summed E-state index contributed by atoms with van der Waals surface area (Å²) < 4.78 is 1.67. The van der Waals surface area contributed by atoms with E-state index in [0.29, 0.717) is 19.0 Å². The van der Waals surface area contributed by atoms with Crippen molar-refractivity contribution in [3.63, 3.8) is 0 Å². The third kappa shape index (κ3) is 6.08. The largest absolute Gasteiger partial charge is 0.383 e. The number of halogens is 1. The number of pyridine rings is 1. The standard InChI is InChI=1S/C16H24N6O.HI/c1-4-17-15(19-10-14-7-5-6-8-18-14)20-12-16(2,23)13-9-21-22(3)11-13;/h5-9,11,23H,4,10,12H2,1-3H3,(H2,17,19,20);1H. The molecule has 2 rings (SSSR count). The Bertz CT molecular complexity index is 641. The Kier molecular flexibility index (Phi) is 8.13. The van der Waals surface area contributed by atoms with E-state index in [0.717, 1.165) is 17.8 Å². The Morgan fingerprint density at radius 1 is 1.38 bits per heavy atom. The molecule has 8 heteroatoms. The molecule has 0 bridgehead atoms. The zero-order valence-corrected chi connectivity index (χ0v) is 16.6. The molecule has 7 nitrogen and oxygen atoms in total. The van der Waals surface area contributed by atoms with E-state index in [-0.39, 0.29) is 24.0 Å². The van der Waals surface area contributed by atoms with Gasteiger partial charge in [-0.1, -0.05) is 6.07 Å².